The van der Waals surface area contributed by atoms with Crippen molar-refractivity contribution in [2.75, 3.05) is 66.6 Å². The molecule has 0 radical (unpaired) electrons. The highest BCUT2D eigenvalue weighted by Gasteiger charge is 2.30. The van der Waals surface area contributed by atoms with Gasteiger partial charge in [0.25, 0.3) is 5.91 Å². The number of hydrogen-bond donors (Lipinski definition) is 1. The molecule has 2 heterocycles. The Morgan fingerprint density at radius 1 is 1.06 bits per heavy atom. The van der Waals surface area contributed by atoms with E-state index in [2.05, 4.69) is 10.2 Å². The van der Waals surface area contributed by atoms with Gasteiger partial charge in [-0.05, 0) is 50.2 Å². The molecule has 0 bridgehead atoms. The predicted molar refractivity (Wildman–Crippen MR) is 127 cm³/mol. The van der Waals surface area contributed by atoms with Crippen LogP contribution in [0.3, 0.4) is 0 Å². The molecule has 1 aromatic carbocycles. The second kappa shape index (κ2) is 13.3. The summed E-state index contributed by atoms with van der Waals surface area (Å²) in [5, 5.41) is 3.34. The average Bonchev–Trinajstić information content (AvgIpc) is 2.83. The number of nitrogens with zero attached hydrogens (tertiary/aromatic N) is 3. The van der Waals surface area contributed by atoms with E-state index in [0.717, 1.165) is 32.5 Å². The lowest BCUT2D eigenvalue weighted by atomic mass is 10.0. The van der Waals surface area contributed by atoms with Gasteiger partial charge < -0.3 is 24.6 Å². The Balaban J connectivity index is 0.00000408. The maximum absolute atomic E-state index is 12.7. The fourth-order valence-electron chi connectivity index (χ4n) is 3.83. The van der Waals surface area contributed by atoms with Crippen molar-refractivity contribution in [2.45, 2.75) is 18.9 Å². The van der Waals surface area contributed by atoms with Crippen molar-refractivity contribution in [3.8, 4) is 5.75 Å². The third-order valence-corrected chi connectivity index (χ3v) is 5.90. The highest BCUT2D eigenvalue weighted by Crippen LogP contribution is 2.17. The molecule has 3 rings (SSSR count). The molecule has 10 nitrogen and oxygen atoms in total. The maximum atomic E-state index is 12.7. The number of rotatable bonds is 9. The molecule has 1 aromatic rings. The van der Waals surface area contributed by atoms with Gasteiger partial charge in [-0.2, -0.15) is 0 Å². The summed E-state index contributed by atoms with van der Waals surface area (Å²) in [4.78, 5) is 53.5. The summed E-state index contributed by atoms with van der Waals surface area (Å²) in [6.07, 6.45) is 2.10. The van der Waals surface area contributed by atoms with Gasteiger partial charge in [0.05, 0.1) is 13.1 Å². The third-order valence-electron chi connectivity index (χ3n) is 5.90. The van der Waals surface area contributed by atoms with Gasteiger partial charge in [0, 0.05) is 38.8 Å². The van der Waals surface area contributed by atoms with Gasteiger partial charge >= 0.3 is 5.97 Å². The number of piperidine rings is 1. The molecule has 2 saturated heterocycles. The monoisotopic (exact) mass is 496 g/mol. The van der Waals surface area contributed by atoms with Gasteiger partial charge in [-0.1, -0.05) is 0 Å². The molecule has 0 saturated carbocycles. The van der Waals surface area contributed by atoms with Gasteiger partial charge in [-0.3, -0.25) is 19.3 Å². The Morgan fingerprint density at radius 2 is 1.74 bits per heavy atom. The van der Waals surface area contributed by atoms with Crippen LogP contribution in [0.25, 0.3) is 0 Å². The molecule has 1 N–H and O–H groups in total. The first-order valence-electron chi connectivity index (χ1n) is 11.2. The smallest absolute Gasteiger partial charge is 0.344 e. The molecular formula is C23H33ClN4O6. The third kappa shape index (κ3) is 7.96. The number of halogens is 1. The fourth-order valence-corrected chi connectivity index (χ4v) is 3.83. The van der Waals surface area contributed by atoms with Crippen LogP contribution < -0.4 is 10.1 Å². The fraction of sp³-hybridized carbons (Fsp3) is 0.565. The van der Waals surface area contributed by atoms with Gasteiger partial charge in [-0.25, -0.2) is 4.79 Å². The molecular weight excluding hydrogens is 464 g/mol. The number of likely N-dealkylation sites (N-methyl/N-ethyl adjacent to an activating group) is 1. The zero-order chi connectivity index (χ0) is 23.8. The van der Waals surface area contributed by atoms with Gasteiger partial charge in [0.15, 0.2) is 19.0 Å². The zero-order valence-electron chi connectivity index (χ0n) is 19.7. The molecule has 2 aliphatic heterocycles. The van der Waals surface area contributed by atoms with E-state index >= 15 is 0 Å². The van der Waals surface area contributed by atoms with Crippen molar-refractivity contribution in [3.63, 3.8) is 0 Å². The summed E-state index contributed by atoms with van der Waals surface area (Å²) in [6, 6.07) is 6.82. The Morgan fingerprint density at radius 3 is 2.35 bits per heavy atom. The topological polar surface area (TPSA) is 108 Å². The number of ether oxygens (including phenoxy) is 2. The van der Waals surface area contributed by atoms with E-state index < -0.39 is 5.97 Å². The summed E-state index contributed by atoms with van der Waals surface area (Å²) in [6.45, 7) is 3.02. The molecule has 34 heavy (non-hydrogen) atoms. The molecule has 0 spiro atoms. The molecule has 11 heteroatoms. The number of carbonyl (C=O) groups is 4. The van der Waals surface area contributed by atoms with Crippen molar-refractivity contribution in [1.82, 2.24) is 20.0 Å². The van der Waals surface area contributed by atoms with E-state index in [0.29, 0.717) is 30.4 Å². The van der Waals surface area contributed by atoms with Crippen molar-refractivity contribution in [2.24, 2.45) is 0 Å². The number of Topliss-reactive ketones (excluding diaryl/α,β-unsaturated/α-hetero) is 1. The summed E-state index contributed by atoms with van der Waals surface area (Å²) < 4.78 is 10.2. The van der Waals surface area contributed by atoms with Gasteiger partial charge in [-0.15, -0.1) is 12.4 Å². The number of benzene rings is 1. The molecule has 2 aliphatic rings. The minimum atomic E-state index is -0.660. The first-order valence-corrected chi connectivity index (χ1v) is 11.2. The van der Waals surface area contributed by atoms with E-state index in [1.54, 1.807) is 43.3 Å². The van der Waals surface area contributed by atoms with Crippen LogP contribution in [0.4, 0.5) is 0 Å². The zero-order valence-corrected chi connectivity index (χ0v) is 20.5. The van der Waals surface area contributed by atoms with E-state index in [-0.39, 0.29) is 49.8 Å². The lowest BCUT2D eigenvalue weighted by Gasteiger charge is -2.40. The van der Waals surface area contributed by atoms with Gasteiger partial charge in [0.2, 0.25) is 5.91 Å². The molecule has 188 valence electrons. The highest BCUT2D eigenvalue weighted by molar-refractivity contribution is 5.99. The minimum absolute atomic E-state index is 0. The summed E-state index contributed by atoms with van der Waals surface area (Å²) in [5.74, 6) is -0.745. The molecule has 0 aliphatic carbocycles. The second-order valence-electron chi connectivity index (χ2n) is 8.45. The molecule has 0 unspecified atom stereocenters. The first kappa shape index (κ1) is 27.6. The Kier molecular flexibility index (Phi) is 10.7. The minimum Gasteiger partial charge on any atom is -0.482 e. The van der Waals surface area contributed by atoms with Crippen LogP contribution >= 0.6 is 12.4 Å². The number of nitrogens with one attached hydrogen (secondary N) is 1. The summed E-state index contributed by atoms with van der Waals surface area (Å²) in [5.41, 5.74) is 0.468. The normalized spacial score (nSPS) is 17.0. The van der Waals surface area contributed by atoms with E-state index in [1.165, 1.54) is 4.90 Å². The SMILES string of the molecule is CN(C)C(=O)COC(=O)COc1ccc(C(=O)CN2CCN(C3CCNCC3)CC2=O)cc1.Cl. The molecule has 2 amide bonds. The number of hydrogen-bond acceptors (Lipinski definition) is 8. The van der Waals surface area contributed by atoms with Crippen LogP contribution in [0, 0.1) is 0 Å². The van der Waals surface area contributed by atoms with Crippen LogP contribution in [0.1, 0.15) is 23.2 Å². The van der Waals surface area contributed by atoms with Crippen molar-refractivity contribution in [1.29, 1.82) is 0 Å². The largest absolute Gasteiger partial charge is 0.482 e. The van der Waals surface area contributed by atoms with E-state index in [1.807, 2.05) is 0 Å². The van der Waals surface area contributed by atoms with Crippen LogP contribution in [-0.4, -0.2) is 111 Å². The van der Waals surface area contributed by atoms with Crippen LogP contribution in [0.5, 0.6) is 5.75 Å². The van der Waals surface area contributed by atoms with Crippen LogP contribution in [0.2, 0.25) is 0 Å². The van der Waals surface area contributed by atoms with Crippen LogP contribution in [-0.2, 0) is 19.1 Å². The molecule has 0 atom stereocenters. The number of esters is 1. The quantitative estimate of drug-likeness (QED) is 0.381. The summed E-state index contributed by atoms with van der Waals surface area (Å²) in [7, 11) is 3.14. The molecule has 0 aromatic heterocycles. The highest BCUT2D eigenvalue weighted by atomic mass is 35.5. The average molecular weight is 497 g/mol. The lowest BCUT2D eigenvalue weighted by molar-refractivity contribution is -0.152. The Hall–Kier alpha value is -2.69. The Bertz CT molecular complexity index is 858. The number of piperazine rings is 1. The van der Waals surface area contributed by atoms with Gasteiger partial charge in [0.1, 0.15) is 5.75 Å². The maximum Gasteiger partial charge on any atom is 0.344 e. The van der Waals surface area contributed by atoms with Crippen molar-refractivity contribution in [3.05, 3.63) is 29.8 Å². The van der Waals surface area contributed by atoms with Crippen molar-refractivity contribution >= 4 is 36.0 Å². The first-order chi connectivity index (χ1) is 15.8. The predicted octanol–water partition coefficient (Wildman–Crippen LogP) is 0.198. The van der Waals surface area contributed by atoms with Crippen molar-refractivity contribution < 1.29 is 28.7 Å². The Labute approximate surface area is 205 Å². The number of amides is 2. The lowest BCUT2D eigenvalue weighted by Crippen LogP contribution is -2.56. The summed E-state index contributed by atoms with van der Waals surface area (Å²) >= 11 is 0. The number of ketones is 1. The van der Waals surface area contributed by atoms with Crippen LogP contribution in [0.15, 0.2) is 24.3 Å². The molecule has 2 fully saturated rings. The van der Waals surface area contributed by atoms with E-state index in [4.69, 9.17) is 9.47 Å². The van der Waals surface area contributed by atoms with E-state index in [9.17, 15) is 19.2 Å². The second-order valence-corrected chi connectivity index (χ2v) is 8.45. The standard InChI is InChI=1S/C23H32N4O6.ClH/c1-25(2)22(30)15-33-23(31)16-32-19-5-3-17(4-6-19)20(28)13-27-12-11-26(14-21(27)29)18-7-9-24-10-8-18;/h3-6,18,24H,7-16H2,1-2H3;1H. The number of carbonyl (C=O) groups excluding carboxylic acids is 4.